The summed E-state index contributed by atoms with van der Waals surface area (Å²) in [6, 6.07) is 7.52. The molecule has 158 valence electrons. The van der Waals surface area contributed by atoms with Gasteiger partial charge in [-0.3, -0.25) is 4.99 Å². The highest BCUT2D eigenvalue weighted by molar-refractivity contribution is 7.89. The Balaban J connectivity index is 1.79. The van der Waals surface area contributed by atoms with Crippen LogP contribution in [0.25, 0.3) is 0 Å². The van der Waals surface area contributed by atoms with Crippen LogP contribution in [-0.4, -0.2) is 61.8 Å². The standard InChI is InChI=1S/C20H34N4O3S/c1-3-16-28(26,27)24-14-11-18(12-15-24)23-20(21-4-2)22-13-5-6-17-7-9-19(25)10-8-17/h7-10,18,25H,3-6,11-16H2,1-2H3,(H2,21,22,23). The molecule has 28 heavy (non-hydrogen) atoms. The van der Waals surface area contributed by atoms with E-state index in [0.717, 1.165) is 38.2 Å². The van der Waals surface area contributed by atoms with Crippen molar-refractivity contribution in [2.45, 2.75) is 52.0 Å². The van der Waals surface area contributed by atoms with Gasteiger partial charge in [-0.15, -0.1) is 0 Å². The molecule has 0 aliphatic carbocycles. The van der Waals surface area contributed by atoms with E-state index < -0.39 is 10.0 Å². The number of benzene rings is 1. The molecule has 0 aromatic heterocycles. The Hall–Kier alpha value is -1.80. The largest absolute Gasteiger partial charge is 0.508 e. The van der Waals surface area contributed by atoms with Crippen LogP contribution in [0.3, 0.4) is 0 Å². The van der Waals surface area contributed by atoms with Crippen LogP contribution in [0.1, 0.15) is 45.1 Å². The molecule has 3 N–H and O–H groups in total. The van der Waals surface area contributed by atoms with Crippen molar-refractivity contribution in [3.05, 3.63) is 29.8 Å². The van der Waals surface area contributed by atoms with Gasteiger partial charge in [0.2, 0.25) is 10.0 Å². The molecule has 0 radical (unpaired) electrons. The zero-order valence-electron chi connectivity index (χ0n) is 17.0. The van der Waals surface area contributed by atoms with Crippen molar-refractivity contribution in [3.8, 4) is 5.75 Å². The van der Waals surface area contributed by atoms with Crippen molar-refractivity contribution in [1.29, 1.82) is 0 Å². The average Bonchev–Trinajstić information content (AvgIpc) is 2.67. The Morgan fingerprint density at radius 2 is 1.89 bits per heavy atom. The summed E-state index contributed by atoms with van der Waals surface area (Å²) >= 11 is 0. The number of hydrogen-bond acceptors (Lipinski definition) is 4. The van der Waals surface area contributed by atoms with Crippen LogP contribution >= 0.6 is 0 Å². The Morgan fingerprint density at radius 3 is 2.50 bits per heavy atom. The van der Waals surface area contributed by atoms with Gasteiger partial charge in [-0.25, -0.2) is 12.7 Å². The van der Waals surface area contributed by atoms with Crippen molar-refractivity contribution in [2.24, 2.45) is 4.99 Å². The Bertz CT molecular complexity index is 711. The quantitative estimate of drug-likeness (QED) is 0.329. The molecule has 1 heterocycles. The van der Waals surface area contributed by atoms with Crippen LogP contribution in [0.5, 0.6) is 5.75 Å². The molecular weight excluding hydrogens is 376 g/mol. The zero-order chi connectivity index (χ0) is 20.4. The predicted octanol–water partition coefficient (Wildman–Crippen LogP) is 2.08. The van der Waals surface area contributed by atoms with Gasteiger partial charge in [0.15, 0.2) is 5.96 Å². The third-order valence-electron chi connectivity index (χ3n) is 4.82. The molecule has 1 aromatic carbocycles. The first-order valence-electron chi connectivity index (χ1n) is 10.2. The molecule has 2 rings (SSSR count). The zero-order valence-corrected chi connectivity index (χ0v) is 17.8. The maximum atomic E-state index is 12.2. The fourth-order valence-corrected chi connectivity index (χ4v) is 4.86. The number of piperidine rings is 1. The van der Waals surface area contributed by atoms with E-state index in [9.17, 15) is 13.5 Å². The molecule has 1 aromatic rings. The van der Waals surface area contributed by atoms with Gasteiger partial charge >= 0.3 is 0 Å². The topological polar surface area (TPSA) is 94.0 Å². The maximum Gasteiger partial charge on any atom is 0.214 e. The first-order chi connectivity index (χ1) is 13.4. The van der Waals surface area contributed by atoms with Crippen molar-refractivity contribution in [1.82, 2.24) is 14.9 Å². The molecule has 0 atom stereocenters. The third kappa shape index (κ3) is 7.31. The lowest BCUT2D eigenvalue weighted by molar-refractivity contribution is 0.306. The summed E-state index contributed by atoms with van der Waals surface area (Å²) in [7, 11) is -3.10. The number of aromatic hydroxyl groups is 1. The summed E-state index contributed by atoms with van der Waals surface area (Å²) in [6.07, 6.45) is 4.08. The summed E-state index contributed by atoms with van der Waals surface area (Å²) in [5.74, 6) is 1.31. The van der Waals surface area contributed by atoms with E-state index in [4.69, 9.17) is 0 Å². The van der Waals surface area contributed by atoms with Gasteiger partial charge < -0.3 is 15.7 Å². The summed E-state index contributed by atoms with van der Waals surface area (Å²) in [6.45, 7) is 6.56. The number of aryl methyl sites for hydroxylation is 1. The lowest BCUT2D eigenvalue weighted by Gasteiger charge is -2.32. The Labute approximate surface area is 169 Å². The van der Waals surface area contributed by atoms with Gasteiger partial charge in [0, 0.05) is 32.2 Å². The van der Waals surface area contributed by atoms with Crippen molar-refractivity contribution < 1.29 is 13.5 Å². The van der Waals surface area contributed by atoms with Gasteiger partial charge in [0.05, 0.1) is 5.75 Å². The van der Waals surface area contributed by atoms with Crippen LogP contribution in [0.2, 0.25) is 0 Å². The number of phenols is 1. The van der Waals surface area contributed by atoms with Crippen molar-refractivity contribution in [3.63, 3.8) is 0 Å². The first-order valence-corrected chi connectivity index (χ1v) is 11.9. The molecule has 0 unspecified atom stereocenters. The van der Waals surface area contributed by atoms with E-state index in [0.29, 0.717) is 26.1 Å². The van der Waals surface area contributed by atoms with E-state index in [2.05, 4.69) is 15.6 Å². The summed E-state index contributed by atoms with van der Waals surface area (Å²) in [5, 5.41) is 16.1. The van der Waals surface area contributed by atoms with Crippen LogP contribution < -0.4 is 10.6 Å². The molecule has 0 spiro atoms. The molecule has 0 amide bonds. The van der Waals surface area contributed by atoms with Gasteiger partial charge in [-0.1, -0.05) is 19.1 Å². The summed E-state index contributed by atoms with van der Waals surface area (Å²) in [4.78, 5) is 4.65. The Morgan fingerprint density at radius 1 is 1.21 bits per heavy atom. The first kappa shape index (κ1) is 22.5. The summed E-state index contributed by atoms with van der Waals surface area (Å²) in [5.41, 5.74) is 1.19. The smallest absolute Gasteiger partial charge is 0.214 e. The monoisotopic (exact) mass is 410 g/mol. The molecule has 8 heteroatoms. The predicted molar refractivity (Wildman–Crippen MR) is 114 cm³/mol. The number of phenolic OH excluding ortho intramolecular Hbond substituents is 1. The van der Waals surface area contributed by atoms with Gasteiger partial charge in [0.1, 0.15) is 5.75 Å². The number of rotatable bonds is 9. The second-order valence-electron chi connectivity index (χ2n) is 7.16. The molecule has 1 aliphatic heterocycles. The minimum atomic E-state index is -3.10. The van der Waals surface area contributed by atoms with Crippen LogP contribution in [0.4, 0.5) is 0 Å². The highest BCUT2D eigenvalue weighted by Crippen LogP contribution is 2.15. The van der Waals surface area contributed by atoms with E-state index in [1.54, 1.807) is 16.4 Å². The number of guanidine groups is 1. The van der Waals surface area contributed by atoms with Crippen LogP contribution in [0, 0.1) is 0 Å². The van der Waals surface area contributed by atoms with Gasteiger partial charge in [-0.2, -0.15) is 0 Å². The number of nitrogens with zero attached hydrogens (tertiary/aromatic N) is 2. The second kappa shape index (κ2) is 11.3. The van der Waals surface area contributed by atoms with E-state index in [1.807, 2.05) is 26.0 Å². The number of sulfonamides is 1. The van der Waals surface area contributed by atoms with E-state index in [1.165, 1.54) is 5.56 Å². The Kier molecular flexibility index (Phi) is 9.05. The normalized spacial score (nSPS) is 16.9. The molecule has 1 aliphatic rings. The third-order valence-corrected chi connectivity index (χ3v) is 6.90. The van der Waals surface area contributed by atoms with Gasteiger partial charge in [0.25, 0.3) is 0 Å². The fourth-order valence-electron chi connectivity index (χ4n) is 3.32. The molecular formula is C20H34N4O3S. The SMILES string of the molecule is CCCS(=O)(=O)N1CCC(NC(=NCCCc2ccc(O)cc2)NCC)CC1. The molecule has 0 bridgehead atoms. The fraction of sp³-hybridized carbons (Fsp3) is 0.650. The second-order valence-corrected chi connectivity index (χ2v) is 9.25. The highest BCUT2D eigenvalue weighted by atomic mass is 32.2. The van der Waals surface area contributed by atoms with Crippen molar-refractivity contribution >= 4 is 16.0 Å². The average molecular weight is 411 g/mol. The van der Waals surface area contributed by atoms with Gasteiger partial charge in [-0.05, 0) is 56.7 Å². The van der Waals surface area contributed by atoms with Crippen molar-refractivity contribution in [2.75, 3.05) is 31.9 Å². The molecule has 7 nitrogen and oxygen atoms in total. The highest BCUT2D eigenvalue weighted by Gasteiger charge is 2.27. The maximum absolute atomic E-state index is 12.2. The lowest BCUT2D eigenvalue weighted by atomic mass is 10.1. The van der Waals surface area contributed by atoms with E-state index in [-0.39, 0.29) is 17.5 Å². The minimum Gasteiger partial charge on any atom is -0.508 e. The number of nitrogens with one attached hydrogen (secondary N) is 2. The minimum absolute atomic E-state index is 0.232. The number of hydrogen-bond donors (Lipinski definition) is 3. The molecule has 0 saturated carbocycles. The van der Waals surface area contributed by atoms with Crippen LogP contribution in [-0.2, 0) is 16.4 Å². The summed E-state index contributed by atoms with van der Waals surface area (Å²) < 4.78 is 26.0. The van der Waals surface area contributed by atoms with E-state index >= 15 is 0 Å². The van der Waals surface area contributed by atoms with Crippen LogP contribution in [0.15, 0.2) is 29.3 Å². The lowest BCUT2D eigenvalue weighted by Crippen LogP contribution is -2.50. The number of aliphatic imine (C=N–C) groups is 1. The molecule has 1 fully saturated rings. The molecule has 1 saturated heterocycles.